The van der Waals surface area contributed by atoms with E-state index < -0.39 is 0 Å². The molecule has 4 nitrogen and oxygen atoms in total. The van der Waals surface area contributed by atoms with E-state index >= 15 is 0 Å². The number of nitrogens with one attached hydrogen (secondary N) is 1. The van der Waals surface area contributed by atoms with Gasteiger partial charge in [0.2, 0.25) is 0 Å². The number of nitrogens with zero attached hydrogens (tertiary/aromatic N) is 1. The van der Waals surface area contributed by atoms with Crippen LogP contribution in [-0.4, -0.2) is 18.7 Å². The fourth-order valence-corrected chi connectivity index (χ4v) is 1.58. The quantitative estimate of drug-likeness (QED) is 0.646. The summed E-state index contributed by atoms with van der Waals surface area (Å²) in [4.78, 5) is 11.5. The number of hydrogen-bond acceptors (Lipinski definition) is 3. The van der Waals surface area contributed by atoms with Gasteiger partial charge in [0, 0.05) is 12.6 Å². The zero-order valence-corrected chi connectivity index (χ0v) is 11.0. The van der Waals surface area contributed by atoms with Crippen molar-refractivity contribution in [1.82, 2.24) is 5.43 Å². The lowest BCUT2D eigenvalue weighted by atomic mass is 10.2. The molecule has 0 aliphatic heterocycles. The lowest BCUT2D eigenvalue weighted by molar-refractivity contribution is -0.123. The second-order valence-electron chi connectivity index (χ2n) is 4.14. The topological polar surface area (TPSA) is 50.7 Å². The first-order valence-electron chi connectivity index (χ1n) is 6.37. The molecule has 0 radical (unpaired) electrons. The Labute approximate surface area is 118 Å². The van der Waals surface area contributed by atoms with Crippen LogP contribution in [0.5, 0.6) is 5.75 Å². The summed E-state index contributed by atoms with van der Waals surface area (Å²) in [5, 5.41) is 3.87. The molecule has 4 heteroatoms. The first-order valence-corrected chi connectivity index (χ1v) is 6.37. The Morgan fingerprint density at radius 3 is 2.40 bits per heavy atom. The summed E-state index contributed by atoms with van der Waals surface area (Å²) in [6.07, 6.45) is 2.34. The van der Waals surface area contributed by atoms with Crippen LogP contribution in [0.4, 0.5) is 0 Å². The zero-order valence-electron chi connectivity index (χ0n) is 11.0. The van der Waals surface area contributed by atoms with Gasteiger partial charge in [-0.3, -0.25) is 4.79 Å². The largest absolute Gasteiger partial charge is 0.484 e. The Kier molecular flexibility index (Phi) is 5.34. The first kappa shape index (κ1) is 13.8. The predicted molar refractivity (Wildman–Crippen MR) is 78.7 cm³/mol. The number of para-hydroxylation sites is 1. The van der Waals surface area contributed by atoms with E-state index in [1.165, 1.54) is 0 Å². The highest BCUT2D eigenvalue weighted by Gasteiger charge is 2.00. The van der Waals surface area contributed by atoms with Gasteiger partial charge in [-0.25, -0.2) is 5.43 Å². The summed E-state index contributed by atoms with van der Waals surface area (Å²) in [6, 6.07) is 19.1. The Morgan fingerprint density at radius 1 is 1.05 bits per heavy atom. The van der Waals surface area contributed by atoms with Gasteiger partial charge in [0.1, 0.15) is 5.75 Å². The van der Waals surface area contributed by atoms with Gasteiger partial charge in [-0.15, -0.1) is 0 Å². The minimum atomic E-state index is -0.279. The van der Waals surface area contributed by atoms with Gasteiger partial charge in [0.15, 0.2) is 6.61 Å². The van der Waals surface area contributed by atoms with E-state index in [2.05, 4.69) is 10.5 Å². The number of carbonyl (C=O) groups is 1. The molecular formula is C16H16N2O2. The van der Waals surface area contributed by atoms with Crippen molar-refractivity contribution < 1.29 is 9.53 Å². The van der Waals surface area contributed by atoms with Gasteiger partial charge in [-0.05, 0) is 17.7 Å². The molecule has 0 saturated carbocycles. The second kappa shape index (κ2) is 7.74. The number of carbonyl (C=O) groups excluding carboxylic acids is 1. The van der Waals surface area contributed by atoms with Crippen molar-refractivity contribution in [3.63, 3.8) is 0 Å². The monoisotopic (exact) mass is 268 g/mol. The van der Waals surface area contributed by atoms with Crippen LogP contribution in [0, 0.1) is 0 Å². The lowest BCUT2D eigenvalue weighted by Crippen LogP contribution is -2.24. The number of ether oxygens (including phenoxy) is 1. The summed E-state index contributed by atoms with van der Waals surface area (Å²) < 4.78 is 5.30. The molecule has 0 saturated heterocycles. The normalized spacial score (nSPS) is 10.4. The molecule has 2 aromatic rings. The van der Waals surface area contributed by atoms with Crippen LogP contribution in [0.3, 0.4) is 0 Å². The molecule has 0 atom stereocenters. The number of rotatable bonds is 6. The summed E-state index contributed by atoms with van der Waals surface area (Å²) >= 11 is 0. The molecule has 0 aromatic heterocycles. The summed E-state index contributed by atoms with van der Waals surface area (Å²) in [5.41, 5.74) is 3.57. The maximum absolute atomic E-state index is 11.5. The molecule has 1 N–H and O–H groups in total. The smallest absolute Gasteiger partial charge is 0.277 e. The minimum Gasteiger partial charge on any atom is -0.484 e. The highest BCUT2D eigenvalue weighted by molar-refractivity contribution is 5.78. The summed E-state index contributed by atoms with van der Waals surface area (Å²) in [5.74, 6) is 0.383. The number of benzene rings is 2. The van der Waals surface area contributed by atoms with E-state index in [1.54, 1.807) is 18.3 Å². The molecule has 0 spiro atoms. The average molecular weight is 268 g/mol. The standard InChI is InChI=1S/C16H16N2O2/c19-16(13-20-15-9-5-2-6-10-15)18-17-12-11-14-7-3-1-4-8-14/h1-10,12H,11,13H2,(H,18,19)/b17-12+. The highest BCUT2D eigenvalue weighted by atomic mass is 16.5. The number of hydrazone groups is 1. The first-order chi connectivity index (χ1) is 9.84. The van der Waals surface area contributed by atoms with Crippen molar-refractivity contribution in [1.29, 1.82) is 0 Å². The molecule has 1 amide bonds. The Bertz CT molecular complexity index is 553. The van der Waals surface area contributed by atoms with E-state index in [9.17, 15) is 4.79 Å². The third-order valence-corrected chi connectivity index (χ3v) is 2.56. The maximum atomic E-state index is 11.5. The van der Waals surface area contributed by atoms with Crippen molar-refractivity contribution in [2.75, 3.05) is 6.61 Å². The van der Waals surface area contributed by atoms with Gasteiger partial charge in [0.25, 0.3) is 5.91 Å². The highest BCUT2D eigenvalue weighted by Crippen LogP contribution is 2.07. The summed E-state index contributed by atoms with van der Waals surface area (Å²) in [6.45, 7) is -0.0489. The van der Waals surface area contributed by atoms with Crippen molar-refractivity contribution in [2.24, 2.45) is 5.10 Å². The van der Waals surface area contributed by atoms with Gasteiger partial charge >= 0.3 is 0 Å². The Balaban J connectivity index is 1.67. The Morgan fingerprint density at radius 2 is 1.70 bits per heavy atom. The molecule has 2 rings (SSSR count). The third kappa shape index (κ3) is 4.94. The molecule has 0 fully saturated rings. The minimum absolute atomic E-state index is 0.0489. The molecule has 20 heavy (non-hydrogen) atoms. The molecule has 0 aliphatic carbocycles. The van der Waals surface area contributed by atoms with Crippen molar-refractivity contribution in [2.45, 2.75) is 6.42 Å². The van der Waals surface area contributed by atoms with E-state index in [0.29, 0.717) is 12.2 Å². The van der Waals surface area contributed by atoms with E-state index in [1.807, 2.05) is 48.5 Å². The van der Waals surface area contributed by atoms with E-state index in [4.69, 9.17) is 4.74 Å². The fraction of sp³-hybridized carbons (Fsp3) is 0.125. The van der Waals surface area contributed by atoms with E-state index in [0.717, 1.165) is 5.56 Å². The van der Waals surface area contributed by atoms with Gasteiger partial charge < -0.3 is 4.74 Å². The van der Waals surface area contributed by atoms with Crippen molar-refractivity contribution in [3.05, 3.63) is 66.2 Å². The maximum Gasteiger partial charge on any atom is 0.277 e. The lowest BCUT2D eigenvalue weighted by Gasteiger charge is -2.04. The third-order valence-electron chi connectivity index (χ3n) is 2.56. The van der Waals surface area contributed by atoms with Gasteiger partial charge in [0.05, 0.1) is 0 Å². The second-order valence-corrected chi connectivity index (χ2v) is 4.14. The van der Waals surface area contributed by atoms with Crippen LogP contribution in [0.1, 0.15) is 5.56 Å². The van der Waals surface area contributed by atoms with Crippen LogP contribution in [-0.2, 0) is 11.2 Å². The Hall–Kier alpha value is -2.62. The van der Waals surface area contributed by atoms with Crippen molar-refractivity contribution in [3.8, 4) is 5.75 Å². The summed E-state index contributed by atoms with van der Waals surface area (Å²) in [7, 11) is 0. The molecule has 2 aromatic carbocycles. The van der Waals surface area contributed by atoms with Gasteiger partial charge in [-0.1, -0.05) is 48.5 Å². The molecule has 0 unspecified atom stereocenters. The van der Waals surface area contributed by atoms with Crippen LogP contribution in [0.25, 0.3) is 0 Å². The number of amides is 1. The predicted octanol–water partition coefficient (Wildman–Crippen LogP) is 2.41. The van der Waals surface area contributed by atoms with Crippen LogP contribution in [0.2, 0.25) is 0 Å². The van der Waals surface area contributed by atoms with Gasteiger partial charge in [-0.2, -0.15) is 5.10 Å². The fourth-order valence-electron chi connectivity index (χ4n) is 1.58. The average Bonchev–Trinajstić information content (AvgIpc) is 2.52. The number of hydrogen-bond donors (Lipinski definition) is 1. The van der Waals surface area contributed by atoms with Crippen LogP contribution >= 0.6 is 0 Å². The SMILES string of the molecule is O=C(COc1ccccc1)N/N=C/Cc1ccccc1. The van der Waals surface area contributed by atoms with Crippen LogP contribution in [0.15, 0.2) is 65.8 Å². The molecular weight excluding hydrogens is 252 g/mol. The molecule has 0 bridgehead atoms. The molecule has 0 heterocycles. The van der Waals surface area contributed by atoms with Crippen molar-refractivity contribution >= 4 is 12.1 Å². The molecule has 102 valence electrons. The molecule has 0 aliphatic rings. The zero-order chi connectivity index (χ0) is 14.0. The van der Waals surface area contributed by atoms with E-state index in [-0.39, 0.29) is 12.5 Å². The van der Waals surface area contributed by atoms with Crippen LogP contribution < -0.4 is 10.2 Å².